The van der Waals surface area contributed by atoms with Gasteiger partial charge in [0.2, 0.25) is 5.75 Å². The van der Waals surface area contributed by atoms with Crippen molar-refractivity contribution in [1.82, 2.24) is 0 Å². The summed E-state index contributed by atoms with van der Waals surface area (Å²) in [5.41, 5.74) is -0.508. The number of hydrogen-bond donors (Lipinski definition) is 0. The Morgan fingerprint density at radius 3 is 2.40 bits per heavy atom. The second kappa shape index (κ2) is 4.36. The first kappa shape index (κ1) is 10.9. The van der Waals surface area contributed by atoms with Gasteiger partial charge in [0, 0.05) is 12.1 Å². The lowest BCUT2D eigenvalue weighted by atomic mass is 10.2. The zero-order valence-electron chi connectivity index (χ0n) is 7.87. The average molecular weight is 212 g/mol. The van der Waals surface area contributed by atoms with Crippen molar-refractivity contribution in [1.29, 1.82) is 0 Å². The van der Waals surface area contributed by atoms with E-state index in [0.717, 1.165) is 18.2 Å². The third kappa shape index (κ3) is 2.39. The molecule has 0 bridgehead atoms. The van der Waals surface area contributed by atoms with Crippen LogP contribution in [0, 0.1) is 20.2 Å². The fraction of sp³-hybridized carbons (Fsp3) is 0.250. The summed E-state index contributed by atoms with van der Waals surface area (Å²) in [6, 6.07) is 3.17. The maximum atomic E-state index is 10.5. The number of nitro benzene ring substituents is 2. The summed E-state index contributed by atoms with van der Waals surface area (Å²) < 4.78 is 4.94. The van der Waals surface area contributed by atoms with Gasteiger partial charge < -0.3 is 4.74 Å². The number of nitro groups is 2. The zero-order valence-corrected chi connectivity index (χ0v) is 7.87. The van der Waals surface area contributed by atoms with Crippen molar-refractivity contribution >= 4 is 11.4 Å². The Labute approximate surface area is 84.6 Å². The van der Waals surface area contributed by atoms with E-state index in [-0.39, 0.29) is 23.7 Å². The molecular formula is C8H8N2O5. The van der Waals surface area contributed by atoms with E-state index in [9.17, 15) is 20.2 Å². The van der Waals surface area contributed by atoms with Crippen LogP contribution in [0.15, 0.2) is 18.2 Å². The summed E-state index contributed by atoms with van der Waals surface area (Å²) in [5, 5.41) is 21.0. The molecule has 0 aliphatic rings. The van der Waals surface area contributed by atoms with E-state index >= 15 is 0 Å². The highest BCUT2D eigenvalue weighted by atomic mass is 16.6. The molecule has 0 saturated heterocycles. The highest BCUT2D eigenvalue weighted by molar-refractivity contribution is 5.52. The average Bonchev–Trinajstić information content (AvgIpc) is 2.17. The first-order valence-electron chi connectivity index (χ1n) is 4.12. The van der Waals surface area contributed by atoms with E-state index in [0.29, 0.717) is 0 Å². The summed E-state index contributed by atoms with van der Waals surface area (Å²) in [4.78, 5) is 19.7. The van der Waals surface area contributed by atoms with Gasteiger partial charge >= 0.3 is 5.69 Å². The van der Waals surface area contributed by atoms with Gasteiger partial charge in [-0.25, -0.2) is 0 Å². The van der Waals surface area contributed by atoms with Crippen molar-refractivity contribution in [2.45, 2.75) is 6.92 Å². The van der Waals surface area contributed by atoms with Gasteiger partial charge in [0.1, 0.15) is 0 Å². The molecule has 0 spiro atoms. The highest BCUT2D eigenvalue weighted by Crippen LogP contribution is 2.30. The van der Waals surface area contributed by atoms with Crippen LogP contribution in [0.2, 0.25) is 0 Å². The van der Waals surface area contributed by atoms with Crippen molar-refractivity contribution in [2.24, 2.45) is 0 Å². The molecule has 1 aromatic rings. The van der Waals surface area contributed by atoms with Crippen LogP contribution in [0.3, 0.4) is 0 Å². The van der Waals surface area contributed by atoms with Crippen LogP contribution >= 0.6 is 0 Å². The first-order chi connectivity index (χ1) is 7.06. The van der Waals surface area contributed by atoms with Gasteiger partial charge in [-0.1, -0.05) is 0 Å². The van der Waals surface area contributed by atoms with E-state index in [1.165, 1.54) is 0 Å². The fourth-order valence-corrected chi connectivity index (χ4v) is 1.04. The third-order valence-electron chi connectivity index (χ3n) is 1.65. The van der Waals surface area contributed by atoms with Crippen LogP contribution in [0.1, 0.15) is 6.92 Å². The molecule has 0 unspecified atom stereocenters. The summed E-state index contributed by atoms with van der Waals surface area (Å²) in [6.07, 6.45) is 0. The lowest BCUT2D eigenvalue weighted by Gasteiger charge is -2.02. The van der Waals surface area contributed by atoms with Crippen LogP contribution in [0.4, 0.5) is 11.4 Å². The standard InChI is InChI=1S/C8H8N2O5/c1-2-15-8-5-6(9(11)12)3-4-7(8)10(13)14/h3-5H,2H2,1H3. The van der Waals surface area contributed by atoms with Crippen LogP contribution in [0.5, 0.6) is 5.75 Å². The molecule has 0 aliphatic carbocycles. The van der Waals surface area contributed by atoms with E-state index in [1.54, 1.807) is 6.92 Å². The van der Waals surface area contributed by atoms with Gasteiger partial charge in [-0.3, -0.25) is 20.2 Å². The molecule has 1 rings (SSSR count). The number of non-ortho nitro benzene ring substituents is 1. The van der Waals surface area contributed by atoms with Crippen LogP contribution in [-0.4, -0.2) is 16.5 Å². The van der Waals surface area contributed by atoms with Crippen molar-refractivity contribution in [3.05, 3.63) is 38.4 Å². The predicted octanol–water partition coefficient (Wildman–Crippen LogP) is 1.90. The Morgan fingerprint density at radius 1 is 1.27 bits per heavy atom. The van der Waals surface area contributed by atoms with Crippen molar-refractivity contribution < 1.29 is 14.6 Å². The lowest BCUT2D eigenvalue weighted by molar-refractivity contribution is -0.389. The minimum absolute atomic E-state index is 0.0864. The molecule has 0 aliphatic heterocycles. The Morgan fingerprint density at radius 2 is 1.93 bits per heavy atom. The second-order valence-corrected chi connectivity index (χ2v) is 2.60. The van der Waals surface area contributed by atoms with Crippen LogP contribution in [0.25, 0.3) is 0 Å². The highest BCUT2D eigenvalue weighted by Gasteiger charge is 2.19. The Balaban J connectivity index is 3.20. The molecule has 0 heterocycles. The fourth-order valence-electron chi connectivity index (χ4n) is 1.04. The predicted molar refractivity (Wildman–Crippen MR) is 50.9 cm³/mol. The van der Waals surface area contributed by atoms with Gasteiger partial charge in [-0.15, -0.1) is 0 Å². The van der Waals surface area contributed by atoms with Crippen molar-refractivity contribution in [3.8, 4) is 5.75 Å². The monoisotopic (exact) mass is 212 g/mol. The molecule has 1 aromatic carbocycles. The van der Waals surface area contributed by atoms with E-state index in [2.05, 4.69) is 0 Å². The molecule has 80 valence electrons. The minimum atomic E-state index is -0.644. The first-order valence-corrected chi connectivity index (χ1v) is 4.12. The van der Waals surface area contributed by atoms with E-state index in [1.807, 2.05) is 0 Å². The van der Waals surface area contributed by atoms with Gasteiger partial charge in [0.25, 0.3) is 5.69 Å². The summed E-state index contributed by atoms with van der Waals surface area (Å²) >= 11 is 0. The number of benzene rings is 1. The lowest BCUT2D eigenvalue weighted by Crippen LogP contribution is -1.98. The van der Waals surface area contributed by atoms with Crippen LogP contribution in [-0.2, 0) is 0 Å². The van der Waals surface area contributed by atoms with Gasteiger partial charge in [0.15, 0.2) is 0 Å². The number of ether oxygens (including phenoxy) is 1. The molecule has 7 heteroatoms. The SMILES string of the molecule is CCOc1cc([N+](=O)[O-])ccc1[N+](=O)[O-]. The molecule has 0 aromatic heterocycles. The molecule has 0 saturated carbocycles. The van der Waals surface area contributed by atoms with Crippen LogP contribution < -0.4 is 4.74 Å². The van der Waals surface area contributed by atoms with E-state index in [4.69, 9.17) is 4.74 Å². The smallest absolute Gasteiger partial charge is 0.311 e. The topological polar surface area (TPSA) is 95.5 Å². The number of rotatable bonds is 4. The Kier molecular flexibility index (Phi) is 3.17. The van der Waals surface area contributed by atoms with E-state index < -0.39 is 9.85 Å². The number of nitrogens with zero attached hydrogens (tertiary/aromatic N) is 2. The summed E-state index contributed by atoms with van der Waals surface area (Å²) in [7, 11) is 0. The van der Waals surface area contributed by atoms with Crippen molar-refractivity contribution in [2.75, 3.05) is 6.61 Å². The molecule has 0 N–H and O–H groups in total. The summed E-state index contributed by atoms with van der Waals surface area (Å²) in [5.74, 6) is -0.0864. The molecule has 0 atom stereocenters. The van der Waals surface area contributed by atoms with Gasteiger partial charge in [-0.05, 0) is 6.92 Å². The molecule has 0 amide bonds. The number of hydrogen-bond acceptors (Lipinski definition) is 5. The summed E-state index contributed by atoms with van der Waals surface area (Å²) in [6.45, 7) is 1.85. The van der Waals surface area contributed by atoms with Gasteiger partial charge in [0.05, 0.1) is 22.5 Å². The molecule has 7 nitrogen and oxygen atoms in total. The quantitative estimate of drug-likeness (QED) is 0.560. The zero-order chi connectivity index (χ0) is 11.4. The minimum Gasteiger partial charge on any atom is -0.487 e. The third-order valence-corrected chi connectivity index (χ3v) is 1.65. The molecule has 0 radical (unpaired) electrons. The molecule has 0 fully saturated rings. The molecular weight excluding hydrogens is 204 g/mol. The Bertz CT molecular complexity index is 404. The molecule has 15 heavy (non-hydrogen) atoms. The van der Waals surface area contributed by atoms with Gasteiger partial charge in [-0.2, -0.15) is 0 Å². The maximum absolute atomic E-state index is 10.5. The van der Waals surface area contributed by atoms with Crippen molar-refractivity contribution in [3.63, 3.8) is 0 Å². The largest absolute Gasteiger partial charge is 0.487 e. The normalized spacial score (nSPS) is 9.67. The Hall–Kier alpha value is -2.18. The maximum Gasteiger partial charge on any atom is 0.311 e. The second-order valence-electron chi connectivity index (χ2n) is 2.60.